The van der Waals surface area contributed by atoms with E-state index < -0.39 is 0 Å². The fraction of sp³-hybridized carbons (Fsp3) is 0.200. The van der Waals surface area contributed by atoms with Crippen LogP contribution in [0.3, 0.4) is 0 Å². The molecular formula is C15H16N2O. The van der Waals surface area contributed by atoms with E-state index in [-0.39, 0.29) is 0 Å². The van der Waals surface area contributed by atoms with Gasteiger partial charge in [0.1, 0.15) is 6.10 Å². The molecule has 1 heterocycles. The van der Waals surface area contributed by atoms with Crippen LogP contribution in [-0.4, -0.2) is 6.61 Å². The number of rotatable bonds is 3. The molecular weight excluding hydrogens is 224 g/mol. The molecule has 1 saturated heterocycles. The Morgan fingerprint density at radius 3 is 2.44 bits per heavy atom. The molecule has 1 fully saturated rings. The number of anilines is 2. The van der Waals surface area contributed by atoms with Crippen LogP contribution in [0, 0.1) is 0 Å². The van der Waals surface area contributed by atoms with Gasteiger partial charge in [-0.05, 0) is 41.3 Å². The Kier molecular flexibility index (Phi) is 2.68. The topological polar surface area (TPSA) is 64.6 Å². The van der Waals surface area contributed by atoms with Crippen molar-refractivity contribution in [1.29, 1.82) is 0 Å². The van der Waals surface area contributed by atoms with Crippen molar-refractivity contribution in [3.8, 4) is 0 Å². The number of hydrogen-bond acceptors (Lipinski definition) is 3. The molecule has 2 aromatic carbocycles. The molecule has 18 heavy (non-hydrogen) atoms. The quantitative estimate of drug-likeness (QED) is 0.640. The summed E-state index contributed by atoms with van der Waals surface area (Å²) in [4.78, 5) is 0. The molecule has 0 radical (unpaired) electrons. The average molecular weight is 240 g/mol. The Morgan fingerprint density at radius 1 is 1.06 bits per heavy atom. The summed E-state index contributed by atoms with van der Waals surface area (Å²) < 4.78 is 5.25. The molecule has 0 aliphatic carbocycles. The predicted octanol–water partition coefficient (Wildman–Crippen LogP) is 2.51. The summed E-state index contributed by atoms with van der Waals surface area (Å²) in [5.74, 6) is 0. The van der Waals surface area contributed by atoms with Crippen molar-refractivity contribution < 1.29 is 4.74 Å². The molecule has 92 valence electrons. The zero-order valence-electron chi connectivity index (χ0n) is 10.1. The SMILES string of the molecule is Nc1ccc(N)c(Cc2ccc(C3CO3)cc2)c1. The van der Waals surface area contributed by atoms with E-state index in [1.54, 1.807) is 0 Å². The van der Waals surface area contributed by atoms with E-state index >= 15 is 0 Å². The van der Waals surface area contributed by atoms with Crippen LogP contribution in [0.2, 0.25) is 0 Å². The summed E-state index contributed by atoms with van der Waals surface area (Å²) in [7, 11) is 0. The molecule has 0 aromatic heterocycles. The number of nitrogens with two attached hydrogens (primary N) is 2. The predicted molar refractivity (Wildman–Crippen MR) is 73.2 cm³/mol. The molecule has 3 heteroatoms. The Bertz CT molecular complexity index is 559. The first-order valence-corrected chi connectivity index (χ1v) is 6.07. The van der Waals surface area contributed by atoms with Gasteiger partial charge in [-0.3, -0.25) is 0 Å². The maximum Gasteiger partial charge on any atom is 0.106 e. The van der Waals surface area contributed by atoms with Gasteiger partial charge >= 0.3 is 0 Å². The maximum absolute atomic E-state index is 5.95. The van der Waals surface area contributed by atoms with Crippen molar-refractivity contribution in [2.24, 2.45) is 0 Å². The molecule has 0 bridgehead atoms. The van der Waals surface area contributed by atoms with Gasteiger partial charge in [0.25, 0.3) is 0 Å². The van der Waals surface area contributed by atoms with Gasteiger partial charge in [-0.2, -0.15) is 0 Å². The molecule has 3 nitrogen and oxygen atoms in total. The van der Waals surface area contributed by atoms with Crippen molar-refractivity contribution in [2.45, 2.75) is 12.5 Å². The number of hydrogen-bond donors (Lipinski definition) is 2. The third-order valence-corrected chi connectivity index (χ3v) is 3.25. The first-order chi connectivity index (χ1) is 8.72. The molecule has 4 N–H and O–H groups in total. The number of nitrogen functional groups attached to an aromatic ring is 2. The van der Waals surface area contributed by atoms with E-state index in [1.165, 1.54) is 11.1 Å². The fourth-order valence-electron chi connectivity index (χ4n) is 2.09. The smallest absolute Gasteiger partial charge is 0.106 e. The van der Waals surface area contributed by atoms with Crippen LogP contribution < -0.4 is 11.5 Å². The Labute approximate surface area is 106 Å². The summed E-state index contributed by atoms with van der Waals surface area (Å²) in [6.07, 6.45) is 1.12. The summed E-state index contributed by atoms with van der Waals surface area (Å²) in [5.41, 5.74) is 16.8. The van der Waals surface area contributed by atoms with Gasteiger partial charge in [0.05, 0.1) is 6.61 Å². The van der Waals surface area contributed by atoms with Crippen LogP contribution >= 0.6 is 0 Å². The normalized spacial score (nSPS) is 17.7. The van der Waals surface area contributed by atoms with E-state index in [0.29, 0.717) is 6.10 Å². The van der Waals surface area contributed by atoms with Crippen molar-refractivity contribution in [2.75, 3.05) is 18.1 Å². The second-order valence-electron chi connectivity index (χ2n) is 4.70. The minimum Gasteiger partial charge on any atom is -0.399 e. The van der Waals surface area contributed by atoms with Crippen molar-refractivity contribution in [1.82, 2.24) is 0 Å². The molecule has 0 amide bonds. The molecule has 1 unspecified atom stereocenters. The van der Waals surface area contributed by atoms with E-state index in [0.717, 1.165) is 30.0 Å². The molecule has 3 rings (SSSR count). The summed E-state index contributed by atoms with van der Waals surface area (Å²) in [5, 5.41) is 0. The molecule has 1 atom stereocenters. The lowest BCUT2D eigenvalue weighted by molar-refractivity contribution is 0.415. The standard InChI is InChI=1S/C15H16N2O/c16-13-5-6-14(17)12(8-13)7-10-1-3-11(4-2-10)15-9-18-15/h1-6,8,15H,7,9,16-17H2. The zero-order valence-corrected chi connectivity index (χ0v) is 10.1. The van der Waals surface area contributed by atoms with Gasteiger partial charge in [0.15, 0.2) is 0 Å². The summed E-state index contributed by atoms with van der Waals surface area (Å²) >= 11 is 0. The second kappa shape index (κ2) is 4.35. The largest absolute Gasteiger partial charge is 0.399 e. The summed E-state index contributed by atoms with van der Waals surface area (Å²) in [6.45, 7) is 0.849. The van der Waals surface area contributed by atoms with Crippen LogP contribution in [0.4, 0.5) is 11.4 Å². The average Bonchev–Trinajstić information content (AvgIpc) is 3.19. The lowest BCUT2D eigenvalue weighted by Crippen LogP contribution is -1.98. The third-order valence-electron chi connectivity index (χ3n) is 3.25. The van der Waals surface area contributed by atoms with Gasteiger partial charge in [-0.1, -0.05) is 24.3 Å². The van der Waals surface area contributed by atoms with Crippen molar-refractivity contribution in [3.05, 3.63) is 59.2 Å². The second-order valence-corrected chi connectivity index (χ2v) is 4.70. The highest BCUT2D eigenvalue weighted by Crippen LogP contribution is 2.30. The first-order valence-electron chi connectivity index (χ1n) is 6.07. The molecule has 1 aliphatic heterocycles. The highest BCUT2D eigenvalue weighted by molar-refractivity contribution is 5.56. The Hall–Kier alpha value is -2.00. The lowest BCUT2D eigenvalue weighted by Gasteiger charge is -2.07. The minimum absolute atomic E-state index is 0.316. The van der Waals surface area contributed by atoms with Gasteiger partial charge in [0, 0.05) is 11.4 Å². The van der Waals surface area contributed by atoms with E-state index in [2.05, 4.69) is 24.3 Å². The highest BCUT2D eigenvalue weighted by atomic mass is 16.6. The van der Waals surface area contributed by atoms with Crippen LogP contribution in [-0.2, 0) is 11.2 Å². The molecule has 0 saturated carbocycles. The van der Waals surface area contributed by atoms with Crippen LogP contribution in [0.25, 0.3) is 0 Å². The highest BCUT2D eigenvalue weighted by Gasteiger charge is 2.24. The van der Waals surface area contributed by atoms with Gasteiger partial charge in [-0.15, -0.1) is 0 Å². The molecule has 0 spiro atoms. The van der Waals surface area contributed by atoms with Crippen molar-refractivity contribution in [3.63, 3.8) is 0 Å². The van der Waals surface area contributed by atoms with Crippen LogP contribution in [0.15, 0.2) is 42.5 Å². The monoisotopic (exact) mass is 240 g/mol. The maximum atomic E-state index is 5.95. The zero-order chi connectivity index (χ0) is 12.5. The first kappa shape index (κ1) is 11.1. The number of benzene rings is 2. The Morgan fingerprint density at radius 2 is 1.78 bits per heavy atom. The minimum atomic E-state index is 0.316. The van der Waals surface area contributed by atoms with Gasteiger partial charge < -0.3 is 16.2 Å². The number of epoxide rings is 1. The van der Waals surface area contributed by atoms with E-state index in [1.807, 2.05) is 18.2 Å². The van der Waals surface area contributed by atoms with Crippen LogP contribution in [0.1, 0.15) is 22.8 Å². The molecule has 1 aliphatic rings. The van der Waals surface area contributed by atoms with E-state index in [9.17, 15) is 0 Å². The van der Waals surface area contributed by atoms with Gasteiger partial charge in [-0.25, -0.2) is 0 Å². The van der Waals surface area contributed by atoms with Gasteiger partial charge in [0.2, 0.25) is 0 Å². The third kappa shape index (κ3) is 2.31. The summed E-state index contributed by atoms with van der Waals surface area (Å²) in [6, 6.07) is 14.1. The Balaban J connectivity index is 1.80. The van der Waals surface area contributed by atoms with E-state index in [4.69, 9.17) is 16.2 Å². The molecule has 2 aromatic rings. The fourth-order valence-corrected chi connectivity index (χ4v) is 2.09. The van der Waals surface area contributed by atoms with Crippen LogP contribution in [0.5, 0.6) is 0 Å². The lowest BCUT2D eigenvalue weighted by atomic mass is 10.0. The number of ether oxygens (including phenoxy) is 1. The van der Waals surface area contributed by atoms with Crippen molar-refractivity contribution >= 4 is 11.4 Å².